The second kappa shape index (κ2) is 4.69. The normalized spacial score (nSPS) is 39.7. The molecule has 4 fully saturated rings. The van der Waals surface area contributed by atoms with Crippen LogP contribution >= 0.6 is 11.8 Å². The van der Waals surface area contributed by atoms with Crippen molar-refractivity contribution in [1.29, 1.82) is 0 Å². The van der Waals surface area contributed by atoms with E-state index in [0.29, 0.717) is 5.82 Å². The third-order valence-electron chi connectivity index (χ3n) is 5.43. The molecule has 4 saturated carbocycles. The number of hydrogen-bond donors (Lipinski definition) is 1. The van der Waals surface area contributed by atoms with Crippen molar-refractivity contribution >= 4 is 17.6 Å². The molecule has 2 nitrogen and oxygen atoms in total. The molecule has 0 radical (unpaired) electrons. The molecule has 0 unspecified atom stereocenters. The summed E-state index contributed by atoms with van der Waals surface area (Å²) in [6, 6.07) is 4.05. The van der Waals surface area contributed by atoms with Crippen LogP contribution in [-0.2, 0) is 5.75 Å². The molecule has 4 aliphatic rings. The first-order valence-electron chi connectivity index (χ1n) is 7.60. The zero-order valence-electron chi connectivity index (χ0n) is 11.3. The van der Waals surface area contributed by atoms with Crippen molar-refractivity contribution in [2.45, 2.75) is 43.1 Å². The zero-order chi connectivity index (χ0) is 12.8. The molecule has 1 heterocycles. The van der Waals surface area contributed by atoms with Gasteiger partial charge in [0.2, 0.25) is 0 Å². The fourth-order valence-electron chi connectivity index (χ4n) is 4.86. The van der Waals surface area contributed by atoms with Crippen LogP contribution < -0.4 is 5.73 Å². The minimum atomic E-state index is 0.628. The summed E-state index contributed by atoms with van der Waals surface area (Å²) in [7, 11) is 0. The van der Waals surface area contributed by atoms with Crippen LogP contribution in [-0.4, -0.2) is 10.2 Å². The van der Waals surface area contributed by atoms with E-state index in [1.54, 1.807) is 6.42 Å². The minimum Gasteiger partial charge on any atom is -0.384 e. The van der Waals surface area contributed by atoms with E-state index in [0.717, 1.165) is 34.7 Å². The third-order valence-corrected chi connectivity index (χ3v) is 7.08. The lowest BCUT2D eigenvalue weighted by Gasteiger charge is -2.54. The van der Waals surface area contributed by atoms with E-state index >= 15 is 0 Å². The number of pyridine rings is 1. The van der Waals surface area contributed by atoms with E-state index in [4.69, 9.17) is 5.73 Å². The van der Waals surface area contributed by atoms with Gasteiger partial charge >= 0.3 is 0 Å². The topological polar surface area (TPSA) is 38.9 Å². The maximum Gasteiger partial charge on any atom is 0.123 e. The number of thioether (sulfide) groups is 1. The molecule has 19 heavy (non-hydrogen) atoms. The maximum absolute atomic E-state index is 5.64. The molecule has 0 aliphatic heterocycles. The van der Waals surface area contributed by atoms with Gasteiger partial charge in [-0.05, 0) is 67.4 Å². The van der Waals surface area contributed by atoms with Crippen molar-refractivity contribution in [1.82, 2.24) is 4.98 Å². The van der Waals surface area contributed by atoms with Gasteiger partial charge in [0.1, 0.15) is 5.82 Å². The van der Waals surface area contributed by atoms with Crippen LogP contribution in [0.4, 0.5) is 5.82 Å². The van der Waals surface area contributed by atoms with Crippen LogP contribution in [0.25, 0.3) is 0 Å². The predicted octanol–water partition coefficient (Wildman–Crippen LogP) is 3.72. The van der Waals surface area contributed by atoms with Crippen LogP contribution in [0.5, 0.6) is 0 Å². The zero-order valence-corrected chi connectivity index (χ0v) is 12.1. The van der Waals surface area contributed by atoms with Crippen molar-refractivity contribution in [2.75, 3.05) is 5.73 Å². The number of nitrogens with zero attached hydrogens (tertiary/aromatic N) is 1. The Morgan fingerprint density at radius 2 is 1.74 bits per heavy atom. The van der Waals surface area contributed by atoms with E-state index in [-0.39, 0.29) is 0 Å². The first-order chi connectivity index (χ1) is 9.28. The summed E-state index contributed by atoms with van der Waals surface area (Å²) in [4.78, 5) is 4.20. The SMILES string of the molecule is Nc1ccc(CSC2C3CC4CC(C3)CC2C4)cn1. The average molecular weight is 274 g/mol. The number of rotatable bonds is 3. The Bertz CT molecular complexity index is 428. The predicted molar refractivity (Wildman–Crippen MR) is 80.8 cm³/mol. The van der Waals surface area contributed by atoms with Crippen LogP contribution in [0, 0.1) is 23.7 Å². The van der Waals surface area contributed by atoms with Crippen molar-refractivity contribution in [3.05, 3.63) is 23.9 Å². The Balaban J connectivity index is 1.42. The molecule has 5 rings (SSSR count). The molecule has 2 N–H and O–H groups in total. The molecule has 1 aromatic heterocycles. The molecular formula is C16H22N2S. The fraction of sp³-hybridized carbons (Fsp3) is 0.688. The summed E-state index contributed by atoms with van der Waals surface area (Å²) in [6.45, 7) is 0. The summed E-state index contributed by atoms with van der Waals surface area (Å²) in [5.41, 5.74) is 6.97. The second-order valence-corrected chi connectivity index (χ2v) is 7.96. The number of aromatic nitrogens is 1. The molecule has 4 bridgehead atoms. The molecule has 0 atom stereocenters. The molecule has 0 saturated heterocycles. The molecule has 102 valence electrons. The van der Waals surface area contributed by atoms with Gasteiger partial charge in [0.05, 0.1) is 0 Å². The average Bonchev–Trinajstić information content (AvgIpc) is 2.39. The van der Waals surface area contributed by atoms with E-state index in [2.05, 4.69) is 22.8 Å². The van der Waals surface area contributed by atoms with Crippen molar-refractivity contribution < 1.29 is 0 Å². The third kappa shape index (κ3) is 2.26. The van der Waals surface area contributed by atoms with Gasteiger partial charge in [-0.3, -0.25) is 0 Å². The smallest absolute Gasteiger partial charge is 0.123 e. The lowest BCUT2D eigenvalue weighted by molar-refractivity contribution is 0.0267. The monoisotopic (exact) mass is 274 g/mol. The second-order valence-electron chi connectivity index (χ2n) is 6.80. The first kappa shape index (κ1) is 12.1. The summed E-state index contributed by atoms with van der Waals surface area (Å²) in [5.74, 6) is 5.93. The van der Waals surface area contributed by atoms with Gasteiger partial charge in [-0.2, -0.15) is 11.8 Å². The van der Waals surface area contributed by atoms with Gasteiger partial charge < -0.3 is 5.73 Å². The van der Waals surface area contributed by atoms with E-state index < -0.39 is 0 Å². The number of anilines is 1. The van der Waals surface area contributed by atoms with Crippen molar-refractivity contribution in [2.24, 2.45) is 23.7 Å². The highest BCUT2D eigenvalue weighted by atomic mass is 32.2. The number of nitrogens with two attached hydrogens (primary N) is 1. The first-order valence-corrected chi connectivity index (χ1v) is 8.65. The van der Waals surface area contributed by atoms with Crippen LogP contribution in [0.2, 0.25) is 0 Å². The molecular weight excluding hydrogens is 252 g/mol. The Hall–Kier alpha value is -0.700. The minimum absolute atomic E-state index is 0.628. The van der Waals surface area contributed by atoms with Gasteiger partial charge in [-0.25, -0.2) is 4.98 Å². The van der Waals surface area contributed by atoms with Crippen LogP contribution in [0.3, 0.4) is 0 Å². The quantitative estimate of drug-likeness (QED) is 0.913. The summed E-state index contributed by atoms with van der Waals surface area (Å²) >= 11 is 2.19. The summed E-state index contributed by atoms with van der Waals surface area (Å²) in [6.07, 6.45) is 9.56. The lowest BCUT2D eigenvalue weighted by Crippen LogP contribution is -2.46. The van der Waals surface area contributed by atoms with Crippen molar-refractivity contribution in [3.8, 4) is 0 Å². The molecule has 0 amide bonds. The van der Waals surface area contributed by atoms with Gasteiger partial charge in [0.25, 0.3) is 0 Å². The van der Waals surface area contributed by atoms with Crippen molar-refractivity contribution in [3.63, 3.8) is 0 Å². The highest BCUT2D eigenvalue weighted by molar-refractivity contribution is 7.99. The Labute approximate surface area is 119 Å². The molecule has 0 spiro atoms. The molecule has 3 heteroatoms. The van der Waals surface area contributed by atoms with E-state index in [9.17, 15) is 0 Å². The molecule has 4 aliphatic carbocycles. The number of nitrogen functional groups attached to an aromatic ring is 1. The number of hydrogen-bond acceptors (Lipinski definition) is 3. The highest BCUT2D eigenvalue weighted by Crippen LogP contribution is 2.57. The van der Waals surface area contributed by atoms with Gasteiger partial charge in [0, 0.05) is 17.2 Å². The highest BCUT2D eigenvalue weighted by Gasteiger charge is 2.48. The largest absolute Gasteiger partial charge is 0.384 e. The Morgan fingerprint density at radius 1 is 1.05 bits per heavy atom. The lowest BCUT2D eigenvalue weighted by atomic mass is 9.56. The Morgan fingerprint density at radius 3 is 2.32 bits per heavy atom. The van der Waals surface area contributed by atoms with E-state index in [1.807, 2.05) is 12.3 Å². The van der Waals surface area contributed by atoms with Gasteiger partial charge in [0.15, 0.2) is 0 Å². The van der Waals surface area contributed by atoms with E-state index in [1.165, 1.54) is 31.2 Å². The molecule has 0 aromatic carbocycles. The van der Waals surface area contributed by atoms with Crippen LogP contribution in [0.1, 0.15) is 37.7 Å². The maximum atomic E-state index is 5.64. The Kier molecular flexibility index (Phi) is 2.98. The standard InChI is InChI=1S/C16H22N2S/c17-15-2-1-10(8-18-15)9-19-16-13-4-11-3-12(6-13)7-14(16)5-11/h1-2,8,11-14,16H,3-7,9H2,(H2,17,18). The summed E-state index contributed by atoms with van der Waals surface area (Å²) < 4.78 is 0. The van der Waals surface area contributed by atoms with Gasteiger partial charge in [-0.15, -0.1) is 0 Å². The fourth-order valence-corrected chi connectivity index (χ4v) is 6.41. The summed E-state index contributed by atoms with van der Waals surface area (Å²) in [5, 5.41) is 0.922. The molecule has 1 aromatic rings. The van der Waals surface area contributed by atoms with Gasteiger partial charge in [-0.1, -0.05) is 6.07 Å². The van der Waals surface area contributed by atoms with Crippen LogP contribution in [0.15, 0.2) is 18.3 Å².